The third-order valence-corrected chi connectivity index (χ3v) is 2.35. The van der Waals surface area contributed by atoms with Crippen LogP contribution in [0.1, 0.15) is 32.4 Å². The number of aryl methyl sites for hydroxylation is 1. The van der Waals surface area contributed by atoms with Crippen molar-refractivity contribution in [2.75, 3.05) is 0 Å². The van der Waals surface area contributed by atoms with E-state index in [9.17, 15) is 4.79 Å². The van der Waals surface area contributed by atoms with Crippen LogP contribution in [0.4, 0.5) is 0 Å². The van der Waals surface area contributed by atoms with Crippen LogP contribution in [-0.4, -0.2) is 26.9 Å². The maximum Gasteiger partial charge on any atom is 0.320 e. The number of carboxylic acid groups (broad SMARTS) is 1. The van der Waals surface area contributed by atoms with Crippen LogP contribution in [0.3, 0.4) is 0 Å². The normalized spacial score (nSPS) is 14.9. The van der Waals surface area contributed by atoms with Crippen LogP contribution in [0.5, 0.6) is 0 Å². The topological polar surface area (TPSA) is 67.2 Å². The number of hydrogen-bond acceptors (Lipinski definition) is 3. The Balaban J connectivity index is 2.60. The first-order chi connectivity index (χ1) is 7.04. The van der Waals surface area contributed by atoms with Crippen molar-refractivity contribution in [1.29, 1.82) is 0 Å². The summed E-state index contributed by atoms with van der Waals surface area (Å²) >= 11 is 0. The number of aliphatic carboxylic acids is 1. The molecule has 1 rings (SSSR count). The Morgan fingerprint density at radius 1 is 1.67 bits per heavy atom. The Morgan fingerprint density at radius 2 is 2.33 bits per heavy atom. The molecule has 0 amide bonds. The van der Waals surface area contributed by atoms with Crippen LogP contribution >= 0.6 is 0 Å². The number of rotatable bonds is 5. The van der Waals surface area contributed by atoms with Gasteiger partial charge in [-0.25, -0.2) is 0 Å². The lowest BCUT2D eigenvalue weighted by atomic mass is 10.1. The molecule has 0 bridgehead atoms. The quantitative estimate of drug-likeness (QED) is 0.763. The van der Waals surface area contributed by atoms with E-state index in [-0.39, 0.29) is 6.04 Å². The second-order valence-corrected chi connectivity index (χ2v) is 3.58. The summed E-state index contributed by atoms with van der Waals surface area (Å²) in [6.45, 7) is 6.38. The van der Waals surface area contributed by atoms with Crippen LogP contribution in [0, 0.1) is 0 Å². The molecule has 0 aliphatic rings. The molecule has 0 saturated heterocycles. The summed E-state index contributed by atoms with van der Waals surface area (Å²) in [6.07, 6.45) is 3.68. The van der Waals surface area contributed by atoms with Crippen molar-refractivity contribution in [3.05, 3.63) is 18.0 Å². The highest BCUT2D eigenvalue weighted by molar-refractivity contribution is 5.72. The molecular weight excluding hydrogens is 194 g/mol. The van der Waals surface area contributed by atoms with Gasteiger partial charge in [0.05, 0.1) is 6.20 Å². The summed E-state index contributed by atoms with van der Waals surface area (Å²) in [7, 11) is 0. The van der Waals surface area contributed by atoms with Crippen LogP contribution in [0.2, 0.25) is 0 Å². The van der Waals surface area contributed by atoms with E-state index in [1.807, 2.05) is 24.7 Å². The molecule has 1 aromatic rings. The van der Waals surface area contributed by atoms with Gasteiger partial charge in [0.1, 0.15) is 6.04 Å². The highest BCUT2D eigenvalue weighted by Crippen LogP contribution is 2.11. The molecule has 0 fully saturated rings. The molecule has 84 valence electrons. The molecule has 2 unspecified atom stereocenters. The minimum atomic E-state index is -0.843. The monoisotopic (exact) mass is 211 g/mol. The summed E-state index contributed by atoms with van der Waals surface area (Å²) in [5, 5.41) is 15.9. The molecule has 1 heterocycles. The third kappa shape index (κ3) is 3.06. The summed E-state index contributed by atoms with van der Waals surface area (Å²) in [5.41, 5.74) is 1.00. The van der Waals surface area contributed by atoms with E-state index in [0.717, 1.165) is 12.1 Å². The standard InChI is InChI=1S/C10H17N3O2/c1-4-13-6-9(5-11-13)7(2)12-8(3)10(14)15/h5-8,12H,4H2,1-3H3,(H,14,15). The second kappa shape index (κ2) is 4.93. The zero-order valence-electron chi connectivity index (χ0n) is 9.27. The predicted octanol–water partition coefficient (Wildman–Crippen LogP) is 1.03. The van der Waals surface area contributed by atoms with E-state index in [0.29, 0.717) is 0 Å². The van der Waals surface area contributed by atoms with Gasteiger partial charge < -0.3 is 5.11 Å². The average molecular weight is 211 g/mol. The fourth-order valence-corrected chi connectivity index (χ4v) is 1.32. The van der Waals surface area contributed by atoms with Crippen molar-refractivity contribution in [3.8, 4) is 0 Å². The van der Waals surface area contributed by atoms with Crippen LogP contribution < -0.4 is 5.32 Å². The van der Waals surface area contributed by atoms with Gasteiger partial charge in [-0.15, -0.1) is 0 Å². The smallest absolute Gasteiger partial charge is 0.320 e. The average Bonchev–Trinajstić information content (AvgIpc) is 2.65. The number of carbonyl (C=O) groups is 1. The first-order valence-electron chi connectivity index (χ1n) is 5.05. The van der Waals surface area contributed by atoms with Gasteiger partial charge in [-0.1, -0.05) is 0 Å². The molecule has 5 nitrogen and oxygen atoms in total. The second-order valence-electron chi connectivity index (χ2n) is 3.58. The van der Waals surface area contributed by atoms with Gasteiger partial charge in [0.2, 0.25) is 0 Å². The summed E-state index contributed by atoms with van der Waals surface area (Å²) in [4.78, 5) is 10.6. The van der Waals surface area contributed by atoms with E-state index < -0.39 is 12.0 Å². The largest absolute Gasteiger partial charge is 0.480 e. The van der Waals surface area contributed by atoms with Crippen LogP contribution in [0.25, 0.3) is 0 Å². The number of carboxylic acids is 1. The molecule has 2 atom stereocenters. The molecule has 0 saturated carbocycles. The first-order valence-corrected chi connectivity index (χ1v) is 5.05. The van der Waals surface area contributed by atoms with E-state index in [4.69, 9.17) is 5.11 Å². The first kappa shape index (κ1) is 11.7. The SMILES string of the molecule is CCn1cc(C(C)NC(C)C(=O)O)cn1. The molecule has 0 aliphatic heterocycles. The minimum absolute atomic E-state index is 0.00333. The van der Waals surface area contributed by atoms with Crippen molar-refractivity contribution in [2.45, 2.75) is 39.4 Å². The molecule has 0 aliphatic carbocycles. The van der Waals surface area contributed by atoms with Gasteiger partial charge in [-0.2, -0.15) is 5.10 Å². The Kier molecular flexibility index (Phi) is 3.85. The van der Waals surface area contributed by atoms with Crippen molar-refractivity contribution < 1.29 is 9.90 Å². The molecule has 0 aromatic carbocycles. The van der Waals surface area contributed by atoms with Gasteiger partial charge in [-0.05, 0) is 20.8 Å². The highest BCUT2D eigenvalue weighted by atomic mass is 16.4. The van der Waals surface area contributed by atoms with E-state index >= 15 is 0 Å². The van der Waals surface area contributed by atoms with E-state index in [2.05, 4.69) is 10.4 Å². The molecule has 0 radical (unpaired) electrons. The van der Waals surface area contributed by atoms with Gasteiger partial charge >= 0.3 is 5.97 Å². The maximum atomic E-state index is 10.6. The van der Waals surface area contributed by atoms with Gasteiger partial charge in [-0.3, -0.25) is 14.8 Å². The lowest BCUT2D eigenvalue weighted by Gasteiger charge is -2.15. The number of hydrogen-bond donors (Lipinski definition) is 2. The highest BCUT2D eigenvalue weighted by Gasteiger charge is 2.15. The van der Waals surface area contributed by atoms with Crippen LogP contribution in [0.15, 0.2) is 12.4 Å². The van der Waals surface area contributed by atoms with Gasteiger partial charge in [0.25, 0.3) is 0 Å². The number of nitrogens with zero attached hydrogens (tertiary/aromatic N) is 2. The van der Waals surface area contributed by atoms with E-state index in [1.165, 1.54) is 0 Å². The Morgan fingerprint density at radius 3 is 2.80 bits per heavy atom. The molecule has 15 heavy (non-hydrogen) atoms. The Bertz CT molecular complexity index is 335. The number of nitrogens with one attached hydrogen (secondary N) is 1. The maximum absolute atomic E-state index is 10.6. The van der Waals surface area contributed by atoms with Crippen molar-refractivity contribution in [1.82, 2.24) is 15.1 Å². The summed E-state index contributed by atoms with van der Waals surface area (Å²) in [6, 6.07) is -0.554. The van der Waals surface area contributed by atoms with Crippen molar-refractivity contribution in [2.24, 2.45) is 0 Å². The molecule has 5 heteroatoms. The summed E-state index contributed by atoms with van der Waals surface area (Å²) < 4.78 is 1.82. The van der Waals surface area contributed by atoms with Crippen molar-refractivity contribution in [3.63, 3.8) is 0 Å². The minimum Gasteiger partial charge on any atom is -0.480 e. The fraction of sp³-hybridized carbons (Fsp3) is 0.600. The van der Waals surface area contributed by atoms with Gasteiger partial charge in [0.15, 0.2) is 0 Å². The lowest BCUT2D eigenvalue weighted by molar-refractivity contribution is -0.139. The Labute approximate surface area is 89.1 Å². The fourth-order valence-electron chi connectivity index (χ4n) is 1.32. The zero-order chi connectivity index (χ0) is 11.4. The van der Waals surface area contributed by atoms with E-state index in [1.54, 1.807) is 13.1 Å². The van der Waals surface area contributed by atoms with Gasteiger partial charge in [0, 0.05) is 24.3 Å². The molecule has 2 N–H and O–H groups in total. The molecular formula is C10H17N3O2. The molecule has 1 aromatic heterocycles. The van der Waals surface area contributed by atoms with Crippen LogP contribution in [-0.2, 0) is 11.3 Å². The number of aromatic nitrogens is 2. The summed E-state index contributed by atoms with van der Waals surface area (Å²) in [5.74, 6) is -0.843. The van der Waals surface area contributed by atoms with Crippen molar-refractivity contribution >= 4 is 5.97 Å². The zero-order valence-corrected chi connectivity index (χ0v) is 9.27. The third-order valence-electron chi connectivity index (χ3n) is 2.35. The predicted molar refractivity (Wildman–Crippen MR) is 56.5 cm³/mol. The lowest BCUT2D eigenvalue weighted by Crippen LogP contribution is -2.35. The molecule has 0 spiro atoms. The Hall–Kier alpha value is -1.36.